The first-order chi connectivity index (χ1) is 9.99. The van der Waals surface area contributed by atoms with Crippen molar-refractivity contribution in [3.05, 3.63) is 0 Å². The van der Waals surface area contributed by atoms with Crippen LogP contribution in [-0.2, 0) is 14.2 Å². The van der Waals surface area contributed by atoms with E-state index in [2.05, 4.69) is 13.8 Å². The van der Waals surface area contributed by atoms with E-state index in [4.69, 9.17) is 14.2 Å². The maximum absolute atomic E-state index is 12.7. The second-order valence-electron chi connectivity index (χ2n) is 8.34. The summed E-state index contributed by atoms with van der Waals surface area (Å²) in [5, 5.41) is 0. The van der Waals surface area contributed by atoms with E-state index < -0.39 is 11.3 Å². The van der Waals surface area contributed by atoms with Crippen molar-refractivity contribution in [3.63, 3.8) is 0 Å². The van der Waals surface area contributed by atoms with Gasteiger partial charge in [0.05, 0.1) is 24.9 Å². The highest BCUT2D eigenvalue weighted by Crippen LogP contribution is 2.39. The molecule has 5 heteroatoms. The van der Waals surface area contributed by atoms with Crippen molar-refractivity contribution in [3.8, 4) is 0 Å². The van der Waals surface area contributed by atoms with Crippen molar-refractivity contribution >= 4 is 6.09 Å². The Labute approximate surface area is 134 Å². The van der Waals surface area contributed by atoms with Gasteiger partial charge in [-0.05, 0) is 47.0 Å². The van der Waals surface area contributed by atoms with Crippen LogP contribution in [0.25, 0.3) is 0 Å². The van der Waals surface area contributed by atoms with E-state index in [9.17, 15) is 4.79 Å². The van der Waals surface area contributed by atoms with Gasteiger partial charge in [-0.25, -0.2) is 4.79 Å². The zero-order valence-corrected chi connectivity index (χ0v) is 15.0. The first-order valence-electron chi connectivity index (χ1n) is 8.31. The van der Waals surface area contributed by atoms with Crippen LogP contribution in [0.1, 0.15) is 61.3 Å². The van der Waals surface area contributed by atoms with E-state index >= 15 is 0 Å². The summed E-state index contributed by atoms with van der Waals surface area (Å²) >= 11 is 0. The molecule has 2 heterocycles. The summed E-state index contributed by atoms with van der Waals surface area (Å²) in [6, 6.07) is 0.0362. The predicted octanol–water partition coefficient (Wildman–Crippen LogP) is 3.56. The minimum atomic E-state index is -0.651. The summed E-state index contributed by atoms with van der Waals surface area (Å²) < 4.78 is 17.2. The Morgan fingerprint density at radius 3 is 2.41 bits per heavy atom. The molecule has 2 saturated heterocycles. The molecule has 3 atom stereocenters. The Morgan fingerprint density at radius 2 is 1.95 bits per heavy atom. The maximum atomic E-state index is 12.7. The average molecular weight is 313 g/mol. The van der Waals surface area contributed by atoms with Gasteiger partial charge in [0.2, 0.25) is 0 Å². The molecule has 2 aliphatic rings. The number of ether oxygens (including phenoxy) is 3. The van der Waals surface area contributed by atoms with E-state index in [0.29, 0.717) is 5.92 Å². The summed E-state index contributed by atoms with van der Waals surface area (Å²) in [5.74, 6) is 0.482. The smallest absolute Gasteiger partial charge is 0.412 e. The van der Waals surface area contributed by atoms with E-state index in [0.717, 1.165) is 19.4 Å². The molecule has 0 N–H and O–H groups in total. The molecule has 0 aromatic heterocycles. The molecular weight excluding hydrogens is 282 g/mol. The maximum Gasteiger partial charge on any atom is 0.412 e. The van der Waals surface area contributed by atoms with Crippen molar-refractivity contribution in [1.29, 1.82) is 0 Å². The van der Waals surface area contributed by atoms with Crippen molar-refractivity contribution in [2.45, 2.75) is 90.9 Å². The van der Waals surface area contributed by atoms with Gasteiger partial charge in [-0.1, -0.05) is 13.8 Å². The third-order valence-electron chi connectivity index (χ3n) is 3.98. The first-order valence-corrected chi connectivity index (χ1v) is 8.31. The molecule has 128 valence electrons. The molecule has 5 nitrogen and oxygen atoms in total. The van der Waals surface area contributed by atoms with Gasteiger partial charge in [0.15, 0.2) is 0 Å². The summed E-state index contributed by atoms with van der Waals surface area (Å²) in [7, 11) is 0. The SMILES string of the molecule is CC(C)C[C@H]1[C@H](CC2CO2)OC(C)(C)N1C(=O)OC(C)(C)C. The Morgan fingerprint density at radius 1 is 1.36 bits per heavy atom. The van der Waals surface area contributed by atoms with E-state index in [1.165, 1.54) is 0 Å². The fourth-order valence-electron chi connectivity index (χ4n) is 3.15. The standard InChI is InChI=1S/C17H31NO4/c1-11(2)8-13-14(9-12-10-20-12)21-17(6,7)18(13)15(19)22-16(3,4)5/h11-14H,8-10H2,1-7H3/t12?,13-,14-/m0/s1. The van der Waals surface area contributed by atoms with Gasteiger partial charge in [0.1, 0.15) is 11.3 Å². The summed E-state index contributed by atoms with van der Waals surface area (Å²) in [6.45, 7) is 14.7. The zero-order valence-electron chi connectivity index (χ0n) is 15.0. The highest BCUT2D eigenvalue weighted by molar-refractivity contribution is 5.70. The highest BCUT2D eigenvalue weighted by atomic mass is 16.6. The molecule has 0 aromatic rings. The fraction of sp³-hybridized carbons (Fsp3) is 0.941. The molecule has 0 saturated carbocycles. The molecule has 22 heavy (non-hydrogen) atoms. The molecule has 1 unspecified atom stereocenters. The molecule has 0 aromatic carbocycles. The van der Waals surface area contributed by atoms with Gasteiger partial charge in [0, 0.05) is 6.42 Å². The molecule has 0 aliphatic carbocycles. The number of carbonyl (C=O) groups is 1. The number of hydrogen-bond donors (Lipinski definition) is 0. The normalized spacial score (nSPS) is 30.7. The van der Waals surface area contributed by atoms with Crippen molar-refractivity contribution in [1.82, 2.24) is 4.90 Å². The molecule has 0 bridgehead atoms. The van der Waals surface area contributed by atoms with E-state index in [1.807, 2.05) is 34.6 Å². The number of nitrogens with zero attached hydrogens (tertiary/aromatic N) is 1. The molecular formula is C17H31NO4. The molecule has 0 spiro atoms. The van der Waals surface area contributed by atoms with E-state index in [-0.39, 0.29) is 24.3 Å². The Kier molecular flexibility index (Phi) is 4.79. The van der Waals surface area contributed by atoms with Crippen LogP contribution in [0.15, 0.2) is 0 Å². The molecule has 1 amide bonds. The fourth-order valence-corrected chi connectivity index (χ4v) is 3.15. The van der Waals surface area contributed by atoms with Gasteiger partial charge in [0.25, 0.3) is 0 Å². The largest absolute Gasteiger partial charge is 0.444 e. The number of rotatable bonds is 4. The van der Waals surface area contributed by atoms with Crippen LogP contribution in [0, 0.1) is 5.92 Å². The van der Waals surface area contributed by atoms with Crippen LogP contribution in [0.2, 0.25) is 0 Å². The van der Waals surface area contributed by atoms with Crippen molar-refractivity contribution in [2.75, 3.05) is 6.61 Å². The monoisotopic (exact) mass is 313 g/mol. The lowest BCUT2D eigenvalue weighted by Crippen LogP contribution is -2.50. The van der Waals surface area contributed by atoms with Crippen LogP contribution in [-0.4, -0.2) is 47.2 Å². The average Bonchev–Trinajstić information content (AvgIpc) is 3.02. The van der Waals surface area contributed by atoms with Crippen LogP contribution < -0.4 is 0 Å². The minimum absolute atomic E-state index is 0.0115. The van der Waals surface area contributed by atoms with Gasteiger partial charge in [-0.3, -0.25) is 4.90 Å². The predicted molar refractivity (Wildman–Crippen MR) is 84.6 cm³/mol. The second-order valence-corrected chi connectivity index (χ2v) is 8.34. The van der Waals surface area contributed by atoms with Crippen LogP contribution in [0.4, 0.5) is 4.79 Å². The Bertz CT molecular complexity index is 409. The quantitative estimate of drug-likeness (QED) is 0.745. The topological polar surface area (TPSA) is 51.3 Å². The second kappa shape index (κ2) is 6.00. The first kappa shape index (κ1) is 17.5. The van der Waals surface area contributed by atoms with Gasteiger partial charge < -0.3 is 14.2 Å². The highest BCUT2D eigenvalue weighted by Gasteiger charge is 2.52. The number of amides is 1. The number of carbonyl (C=O) groups excluding carboxylic acids is 1. The lowest BCUT2D eigenvalue weighted by atomic mass is 9.96. The third-order valence-corrected chi connectivity index (χ3v) is 3.98. The van der Waals surface area contributed by atoms with Crippen molar-refractivity contribution in [2.24, 2.45) is 5.92 Å². The van der Waals surface area contributed by atoms with Gasteiger partial charge >= 0.3 is 6.09 Å². The Hall–Kier alpha value is -0.810. The zero-order chi connectivity index (χ0) is 16.7. The van der Waals surface area contributed by atoms with Gasteiger partial charge in [-0.2, -0.15) is 0 Å². The summed E-state index contributed by atoms with van der Waals surface area (Å²) in [6.07, 6.45) is 1.76. The van der Waals surface area contributed by atoms with Crippen LogP contribution in [0.3, 0.4) is 0 Å². The lowest BCUT2D eigenvalue weighted by Gasteiger charge is -2.35. The summed E-state index contributed by atoms with van der Waals surface area (Å²) in [4.78, 5) is 14.5. The third kappa shape index (κ3) is 4.35. The minimum Gasteiger partial charge on any atom is -0.444 e. The Balaban J connectivity index is 2.19. The molecule has 0 radical (unpaired) electrons. The number of hydrogen-bond acceptors (Lipinski definition) is 4. The van der Waals surface area contributed by atoms with Crippen LogP contribution >= 0.6 is 0 Å². The van der Waals surface area contributed by atoms with Crippen molar-refractivity contribution < 1.29 is 19.0 Å². The lowest BCUT2D eigenvalue weighted by molar-refractivity contribution is -0.0806. The molecule has 2 fully saturated rings. The van der Waals surface area contributed by atoms with Crippen LogP contribution in [0.5, 0.6) is 0 Å². The molecule has 2 rings (SSSR count). The van der Waals surface area contributed by atoms with E-state index in [1.54, 1.807) is 4.90 Å². The summed E-state index contributed by atoms with van der Waals surface area (Å²) in [5.41, 5.74) is -1.16. The molecule has 2 aliphatic heterocycles. The van der Waals surface area contributed by atoms with Gasteiger partial charge in [-0.15, -0.1) is 0 Å². The number of epoxide rings is 1.